The summed E-state index contributed by atoms with van der Waals surface area (Å²) in [5.41, 5.74) is 6.82. The van der Waals surface area contributed by atoms with Crippen LogP contribution in [0.5, 0.6) is 0 Å². The van der Waals surface area contributed by atoms with E-state index < -0.39 is 0 Å². The molecule has 1 amide bonds. The average molecular weight is 425 g/mol. The molecule has 1 atom stereocenters. The molecule has 0 fully saturated rings. The number of hydrogen-bond acceptors (Lipinski definition) is 4. The Hall–Kier alpha value is -2.34. The molecule has 2 aromatic carbocycles. The van der Waals surface area contributed by atoms with Crippen molar-refractivity contribution in [2.24, 2.45) is 10.9 Å². The van der Waals surface area contributed by atoms with Crippen molar-refractivity contribution >= 4 is 40.7 Å². The van der Waals surface area contributed by atoms with Crippen LogP contribution in [-0.2, 0) is 4.84 Å². The first-order valence-corrected chi connectivity index (χ1v) is 10.7. The van der Waals surface area contributed by atoms with Gasteiger partial charge in [-0.2, -0.15) is 0 Å². The second-order valence-corrected chi connectivity index (χ2v) is 8.53. The van der Waals surface area contributed by atoms with Gasteiger partial charge in [-0.1, -0.05) is 54.6 Å². The van der Waals surface area contributed by atoms with Crippen molar-refractivity contribution in [1.82, 2.24) is 5.48 Å². The van der Waals surface area contributed by atoms with Gasteiger partial charge in [0, 0.05) is 26.0 Å². The number of amides is 1. The number of halogens is 1. The number of fused-ring (bicyclic) bond motifs is 2. The number of carbonyl (C=O) groups excluding carboxylic acids is 1. The van der Waals surface area contributed by atoms with Gasteiger partial charge in [-0.05, 0) is 55.2 Å². The van der Waals surface area contributed by atoms with E-state index in [4.69, 9.17) is 21.4 Å². The van der Waals surface area contributed by atoms with Gasteiger partial charge in [-0.15, -0.1) is 0 Å². The second-order valence-electron chi connectivity index (χ2n) is 7.01. The summed E-state index contributed by atoms with van der Waals surface area (Å²) in [6.45, 7) is 4.38. The zero-order valence-corrected chi connectivity index (χ0v) is 17.8. The monoisotopic (exact) mass is 424 g/mol. The summed E-state index contributed by atoms with van der Waals surface area (Å²) in [7, 11) is 0. The predicted octanol–water partition coefficient (Wildman–Crippen LogP) is 6.04. The summed E-state index contributed by atoms with van der Waals surface area (Å²) in [5.74, 6) is 0.0608. The number of nitrogens with zero attached hydrogens (tertiary/aromatic N) is 1. The third-order valence-electron chi connectivity index (χ3n) is 4.73. The maximum absolute atomic E-state index is 12.3. The lowest BCUT2D eigenvalue weighted by atomic mass is 9.90. The molecule has 0 aromatic heterocycles. The van der Waals surface area contributed by atoms with Gasteiger partial charge in [-0.25, -0.2) is 10.5 Å². The first-order valence-electron chi connectivity index (χ1n) is 9.55. The summed E-state index contributed by atoms with van der Waals surface area (Å²) < 4.78 is 0. The van der Waals surface area contributed by atoms with E-state index in [1.54, 1.807) is 17.8 Å². The Kier molecular flexibility index (Phi) is 5.90. The number of hydrogen-bond donors (Lipinski definition) is 1. The SMILES string of the molecule is CCONC(=O)c1ccc2c(c1)N=C(C1=CC(Cl)=CC(C)C1)c1ccccc1S2. The minimum absolute atomic E-state index is 0.283. The minimum Gasteiger partial charge on any atom is -0.274 e. The molecule has 0 radical (unpaired) electrons. The molecule has 4 nitrogen and oxygen atoms in total. The van der Waals surface area contributed by atoms with Gasteiger partial charge in [0.05, 0.1) is 18.0 Å². The molecular formula is C23H21ClN2O2S. The van der Waals surface area contributed by atoms with Gasteiger partial charge in [0.1, 0.15) is 0 Å². The maximum Gasteiger partial charge on any atom is 0.274 e. The molecule has 6 heteroatoms. The molecule has 29 heavy (non-hydrogen) atoms. The summed E-state index contributed by atoms with van der Waals surface area (Å²) in [6.07, 6.45) is 4.93. The number of allylic oxidation sites excluding steroid dienone is 4. The van der Waals surface area contributed by atoms with Gasteiger partial charge < -0.3 is 0 Å². The number of rotatable bonds is 4. The third kappa shape index (κ3) is 4.32. The normalized spacial score (nSPS) is 17.9. The van der Waals surface area contributed by atoms with Crippen LogP contribution in [-0.4, -0.2) is 18.2 Å². The molecule has 1 unspecified atom stereocenters. The van der Waals surface area contributed by atoms with Crippen molar-refractivity contribution in [3.63, 3.8) is 0 Å². The lowest BCUT2D eigenvalue weighted by Gasteiger charge is -2.19. The zero-order chi connectivity index (χ0) is 20.4. The molecular weight excluding hydrogens is 404 g/mol. The Morgan fingerprint density at radius 1 is 1.28 bits per heavy atom. The minimum atomic E-state index is -0.283. The number of carbonyl (C=O) groups is 1. The lowest BCUT2D eigenvalue weighted by molar-refractivity contribution is 0.0364. The van der Waals surface area contributed by atoms with E-state index >= 15 is 0 Å². The van der Waals surface area contributed by atoms with Crippen molar-refractivity contribution in [2.45, 2.75) is 30.1 Å². The van der Waals surface area contributed by atoms with Gasteiger partial charge in [-0.3, -0.25) is 9.63 Å². The van der Waals surface area contributed by atoms with E-state index in [1.165, 1.54) is 0 Å². The van der Waals surface area contributed by atoms with Crippen LogP contribution in [0, 0.1) is 5.92 Å². The Morgan fingerprint density at radius 2 is 2.10 bits per heavy atom. The van der Waals surface area contributed by atoms with Crippen molar-refractivity contribution in [1.29, 1.82) is 0 Å². The van der Waals surface area contributed by atoms with Crippen molar-refractivity contribution in [3.05, 3.63) is 76.3 Å². The smallest absolute Gasteiger partial charge is 0.274 e. The highest BCUT2D eigenvalue weighted by atomic mass is 35.5. The van der Waals surface area contributed by atoms with Crippen LogP contribution >= 0.6 is 23.4 Å². The standard InChI is InChI=1S/C23H21ClN2O2S/c1-3-28-26-23(27)15-8-9-21-19(13-15)25-22(16-10-14(2)11-17(24)12-16)18-6-4-5-7-20(18)29-21/h4-9,11-14H,3,10H2,1-2H3,(H,26,27). The van der Waals surface area contributed by atoms with E-state index in [9.17, 15) is 4.79 Å². The highest BCUT2D eigenvalue weighted by Gasteiger charge is 2.23. The highest BCUT2D eigenvalue weighted by molar-refractivity contribution is 7.99. The molecule has 1 heterocycles. The van der Waals surface area contributed by atoms with Gasteiger partial charge in [0.2, 0.25) is 0 Å². The van der Waals surface area contributed by atoms with Gasteiger partial charge in [0.15, 0.2) is 0 Å². The van der Waals surface area contributed by atoms with E-state index in [0.29, 0.717) is 18.1 Å². The van der Waals surface area contributed by atoms with Crippen LogP contribution in [0.2, 0.25) is 0 Å². The third-order valence-corrected chi connectivity index (χ3v) is 6.10. The van der Waals surface area contributed by atoms with E-state index in [1.807, 2.05) is 37.3 Å². The summed E-state index contributed by atoms with van der Waals surface area (Å²) in [4.78, 5) is 24.5. The molecule has 1 N–H and O–H groups in total. The number of benzene rings is 2. The van der Waals surface area contributed by atoms with E-state index in [0.717, 1.165) is 43.8 Å². The number of hydroxylamine groups is 1. The Bertz CT molecular complexity index is 1060. The Morgan fingerprint density at radius 3 is 2.90 bits per heavy atom. The summed E-state index contributed by atoms with van der Waals surface area (Å²) in [5, 5.41) is 0.737. The average Bonchev–Trinajstić information content (AvgIpc) is 2.87. The topological polar surface area (TPSA) is 50.7 Å². The largest absolute Gasteiger partial charge is 0.274 e. The van der Waals surface area contributed by atoms with Gasteiger partial charge in [0.25, 0.3) is 5.91 Å². The molecule has 2 aliphatic rings. The van der Waals surface area contributed by atoms with Crippen LogP contribution in [0.25, 0.3) is 0 Å². The summed E-state index contributed by atoms with van der Waals surface area (Å²) >= 11 is 8.03. The van der Waals surface area contributed by atoms with E-state index in [2.05, 4.69) is 30.6 Å². The first kappa shape index (κ1) is 20.0. The molecule has 1 aliphatic carbocycles. The fraction of sp³-hybridized carbons (Fsp3) is 0.217. The first-order chi connectivity index (χ1) is 14.0. The summed E-state index contributed by atoms with van der Waals surface area (Å²) in [6, 6.07) is 13.8. The van der Waals surface area contributed by atoms with Crippen molar-refractivity contribution < 1.29 is 9.63 Å². The Labute approximate surface area is 179 Å². The van der Waals surface area contributed by atoms with Crippen LogP contribution < -0.4 is 5.48 Å². The number of aliphatic imine (C=N–C) groups is 1. The molecule has 148 valence electrons. The molecule has 0 bridgehead atoms. The molecule has 4 rings (SSSR count). The number of nitrogens with one attached hydrogen (secondary N) is 1. The molecule has 2 aromatic rings. The predicted molar refractivity (Wildman–Crippen MR) is 118 cm³/mol. The Balaban J connectivity index is 1.83. The highest BCUT2D eigenvalue weighted by Crippen LogP contribution is 2.42. The van der Waals surface area contributed by atoms with Crippen LogP contribution in [0.4, 0.5) is 5.69 Å². The van der Waals surface area contributed by atoms with Gasteiger partial charge >= 0.3 is 0 Å². The van der Waals surface area contributed by atoms with Crippen LogP contribution in [0.1, 0.15) is 36.2 Å². The quantitative estimate of drug-likeness (QED) is 0.608. The molecule has 0 saturated carbocycles. The molecule has 0 saturated heterocycles. The fourth-order valence-corrected chi connectivity index (χ4v) is 4.79. The zero-order valence-electron chi connectivity index (χ0n) is 16.2. The maximum atomic E-state index is 12.3. The van der Waals surface area contributed by atoms with Crippen LogP contribution in [0.3, 0.4) is 0 Å². The van der Waals surface area contributed by atoms with Crippen molar-refractivity contribution in [3.8, 4) is 0 Å². The van der Waals surface area contributed by atoms with Crippen molar-refractivity contribution in [2.75, 3.05) is 6.61 Å². The second kappa shape index (κ2) is 8.57. The van der Waals surface area contributed by atoms with E-state index in [-0.39, 0.29) is 5.91 Å². The molecule has 0 spiro atoms. The fourth-order valence-electron chi connectivity index (χ4n) is 3.44. The van der Waals surface area contributed by atoms with Crippen LogP contribution in [0.15, 0.2) is 80.0 Å². The lowest BCUT2D eigenvalue weighted by Crippen LogP contribution is -2.23. The molecule has 1 aliphatic heterocycles.